The topological polar surface area (TPSA) is 125 Å². The summed E-state index contributed by atoms with van der Waals surface area (Å²) in [6, 6.07) is 18.0. The molecule has 0 amide bonds. The van der Waals surface area contributed by atoms with E-state index in [1.807, 2.05) is 65.0 Å². The number of thioether (sulfide) groups is 3. The van der Waals surface area contributed by atoms with Crippen LogP contribution in [0.15, 0.2) is 85.5 Å². The summed E-state index contributed by atoms with van der Waals surface area (Å²) in [7, 11) is 0. The summed E-state index contributed by atoms with van der Waals surface area (Å²) in [5, 5.41) is 12.0. The van der Waals surface area contributed by atoms with E-state index in [1.54, 1.807) is 43.3 Å². The van der Waals surface area contributed by atoms with Gasteiger partial charge >= 0.3 is 0 Å². The zero-order chi connectivity index (χ0) is 42.8. The highest BCUT2D eigenvalue weighted by Crippen LogP contribution is 2.26. The first-order valence-electron chi connectivity index (χ1n) is 18.9. The minimum Gasteiger partial charge on any atom is -0.384 e. The van der Waals surface area contributed by atoms with Crippen molar-refractivity contribution in [1.29, 1.82) is 0 Å². The Morgan fingerprint density at radius 1 is 0.719 bits per heavy atom. The zero-order valence-electron chi connectivity index (χ0n) is 34.4. The van der Waals surface area contributed by atoms with Crippen molar-refractivity contribution in [3.05, 3.63) is 108 Å². The Morgan fingerprint density at radius 3 is 1.65 bits per heavy atom. The van der Waals surface area contributed by atoms with Crippen LogP contribution in [0.25, 0.3) is 10.8 Å². The van der Waals surface area contributed by atoms with E-state index in [-0.39, 0.29) is 21.9 Å². The van der Waals surface area contributed by atoms with Crippen LogP contribution >= 0.6 is 47.9 Å². The lowest BCUT2D eigenvalue weighted by Crippen LogP contribution is -2.10. The zero-order valence-corrected chi connectivity index (χ0v) is 37.7. The van der Waals surface area contributed by atoms with E-state index in [1.165, 1.54) is 35.3 Å². The number of carbonyl (C=O) groups is 4. The lowest BCUT2D eigenvalue weighted by atomic mass is 9.99. The lowest BCUT2D eigenvalue weighted by molar-refractivity contribution is 0.0604. The summed E-state index contributed by atoms with van der Waals surface area (Å²) in [6.07, 6.45) is 1.05. The van der Waals surface area contributed by atoms with E-state index in [0.29, 0.717) is 86.6 Å². The van der Waals surface area contributed by atoms with Gasteiger partial charge in [0.25, 0.3) is 0 Å². The van der Waals surface area contributed by atoms with Crippen LogP contribution in [-0.4, -0.2) is 103 Å². The van der Waals surface area contributed by atoms with Crippen LogP contribution in [0, 0.1) is 5.92 Å². The molecular weight excluding hydrogens is 801 g/mol. The number of Topliss-reactive ketones (excluding diaryl/α,β-unsaturated/α-hetero) is 1. The maximum Gasteiger partial charge on any atom is 0.219 e. The Kier molecular flexibility index (Phi) is 33.6. The maximum absolute atomic E-state index is 12.6. The molecule has 0 saturated carbocycles. The van der Waals surface area contributed by atoms with Crippen LogP contribution in [0.2, 0.25) is 0 Å². The summed E-state index contributed by atoms with van der Waals surface area (Å²) in [6.45, 7) is 22.7. The van der Waals surface area contributed by atoms with Crippen molar-refractivity contribution in [3.63, 3.8) is 0 Å². The van der Waals surface area contributed by atoms with Gasteiger partial charge < -0.3 is 24.1 Å². The molecule has 1 atom stereocenters. The SMILES string of the molecule is C=C(C)C(O)c1ccc2cc(C(=O)SCCOCCOCCSC(=O)c3ccc(C(=O)C(C)C)cc3)ccc2c1.C=CC.CC.O=CSCCOCCOCCS. The Morgan fingerprint density at radius 2 is 1.16 bits per heavy atom. The molecule has 0 aromatic heterocycles. The summed E-state index contributed by atoms with van der Waals surface area (Å²) in [5.74, 6) is 2.50. The highest BCUT2D eigenvalue weighted by Gasteiger charge is 2.13. The molecule has 3 aromatic carbocycles. The summed E-state index contributed by atoms with van der Waals surface area (Å²) < 4.78 is 21.4. The number of fused-ring (bicyclic) bond motifs is 1. The number of hydrogen-bond donors (Lipinski definition) is 2. The third-order valence-corrected chi connectivity index (χ3v) is 9.59. The standard InChI is InChI=1S/C32H36O6S2.C7H14O3S2.C3H6.C2H6/c1-21(2)29(33)23-5-7-24(8-6-23)31(35)39-17-15-37-13-14-38-16-18-40-32(36)28-12-10-25-19-27(30(34)22(3)4)11-9-26(25)20-28;8-7-12-6-4-10-2-1-9-3-5-11;1-3-2;1-2/h5-12,19-21,30,34H,3,13-18H2,1-2,4H3;7,11H,1-6H2;3H,1H2,2H3;1-2H3. The van der Waals surface area contributed by atoms with Crippen molar-refractivity contribution >= 4 is 80.3 Å². The van der Waals surface area contributed by atoms with Crippen LogP contribution in [0.3, 0.4) is 0 Å². The minimum absolute atomic E-state index is 0.0179. The summed E-state index contributed by atoms with van der Waals surface area (Å²) >= 11 is 7.59. The van der Waals surface area contributed by atoms with Gasteiger partial charge in [-0.05, 0) is 66.1 Å². The third-order valence-electron chi connectivity index (χ3n) is 7.13. The summed E-state index contributed by atoms with van der Waals surface area (Å²) in [5.41, 5.74) is 4.09. The fourth-order valence-electron chi connectivity index (χ4n) is 4.37. The molecule has 3 aromatic rings. The Labute approximate surface area is 358 Å². The largest absolute Gasteiger partial charge is 0.384 e. The first kappa shape index (κ1) is 54.3. The van der Waals surface area contributed by atoms with Crippen molar-refractivity contribution in [2.45, 2.75) is 47.6 Å². The van der Waals surface area contributed by atoms with Crippen LogP contribution in [0.4, 0.5) is 0 Å². The van der Waals surface area contributed by atoms with Gasteiger partial charge in [0.1, 0.15) is 0 Å². The second-order valence-corrected chi connectivity index (χ2v) is 15.5. The van der Waals surface area contributed by atoms with Gasteiger partial charge in [-0.3, -0.25) is 19.2 Å². The molecule has 0 aliphatic rings. The lowest BCUT2D eigenvalue weighted by Gasteiger charge is -2.12. The third kappa shape index (κ3) is 24.7. The van der Waals surface area contributed by atoms with Crippen LogP contribution < -0.4 is 0 Å². The Hall–Kier alpha value is -2.72. The van der Waals surface area contributed by atoms with Crippen molar-refractivity contribution < 1.29 is 43.2 Å². The maximum atomic E-state index is 12.6. The van der Waals surface area contributed by atoms with E-state index in [4.69, 9.17) is 18.9 Å². The second-order valence-electron chi connectivity index (χ2n) is 12.0. The minimum atomic E-state index is -0.701. The van der Waals surface area contributed by atoms with Gasteiger partial charge in [0.15, 0.2) is 11.4 Å². The van der Waals surface area contributed by atoms with Gasteiger partial charge in [0.05, 0.1) is 59.0 Å². The molecule has 57 heavy (non-hydrogen) atoms. The molecular formula is C44H62O9S4. The molecule has 1 N–H and O–H groups in total. The van der Waals surface area contributed by atoms with E-state index < -0.39 is 6.10 Å². The molecule has 0 heterocycles. The molecule has 0 fully saturated rings. The first-order valence-corrected chi connectivity index (χ1v) is 22.6. The predicted molar refractivity (Wildman–Crippen MR) is 246 cm³/mol. The molecule has 13 heteroatoms. The number of rotatable bonds is 24. The number of thiol groups is 1. The van der Waals surface area contributed by atoms with Gasteiger partial charge in [0, 0.05) is 45.6 Å². The van der Waals surface area contributed by atoms with E-state index in [9.17, 15) is 24.3 Å². The smallest absolute Gasteiger partial charge is 0.219 e. The van der Waals surface area contributed by atoms with Crippen molar-refractivity contribution in [2.24, 2.45) is 5.92 Å². The van der Waals surface area contributed by atoms with Crippen molar-refractivity contribution in [2.75, 3.05) is 75.9 Å². The molecule has 9 nitrogen and oxygen atoms in total. The second kappa shape index (κ2) is 35.2. The number of ether oxygens (including phenoxy) is 4. The highest BCUT2D eigenvalue weighted by molar-refractivity contribution is 8.14. The Balaban J connectivity index is 0.00000155. The number of aliphatic hydroxyl groups is 1. The van der Waals surface area contributed by atoms with Gasteiger partial charge in [-0.25, -0.2) is 0 Å². The van der Waals surface area contributed by atoms with Gasteiger partial charge in [0.2, 0.25) is 10.2 Å². The number of allylic oxidation sites excluding steroid dienone is 1. The fraction of sp³-hybridized carbons (Fsp3) is 0.455. The Bertz CT molecular complexity index is 1600. The highest BCUT2D eigenvalue weighted by atomic mass is 32.2. The number of hydrogen-bond acceptors (Lipinski definition) is 13. The molecule has 0 radical (unpaired) electrons. The predicted octanol–water partition coefficient (Wildman–Crippen LogP) is 9.86. The molecule has 1 unspecified atom stereocenters. The molecule has 0 aliphatic heterocycles. The fourth-order valence-corrected chi connectivity index (χ4v) is 6.18. The average molecular weight is 863 g/mol. The van der Waals surface area contributed by atoms with Crippen LogP contribution in [0.5, 0.6) is 0 Å². The van der Waals surface area contributed by atoms with E-state index in [2.05, 4.69) is 25.8 Å². The molecule has 0 aliphatic carbocycles. The summed E-state index contributed by atoms with van der Waals surface area (Å²) in [4.78, 5) is 46.7. The van der Waals surface area contributed by atoms with Crippen LogP contribution in [-0.2, 0) is 23.7 Å². The van der Waals surface area contributed by atoms with Gasteiger partial charge in [-0.1, -0.05) is 106 Å². The molecule has 0 spiro atoms. The van der Waals surface area contributed by atoms with Gasteiger partial charge in [-0.2, -0.15) is 12.6 Å². The number of carbonyl (C=O) groups excluding carboxylic acids is 4. The van der Waals surface area contributed by atoms with Crippen molar-refractivity contribution in [3.8, 4) is 0 Å². The quantitative estimate of drug-likeness (QED) is 0.0293. The number of aliphatic hydroxyl groups excluding tert-OH is 1. The van der Waals surface area contributed by atoms with Crippen molar-refractivity contribution in [1.82, 2.24) is 0 Å². The number of benzene rings is 3. The average Bonchev–Trinajstić information content (AvgIpc) is 3.22. The van der Waals surface area contributed by atoms with E-state index >= 15 is 0 Å². The molecule has 3 rings (SSSR count). The molecule has 0 bridgehead atoms. The van der Waals surface area contributed by atoms with Crippen LogP contribution in [0.1, 0.15) is 84.3 Å². The monoisotopic (exact) mass is 862 g/mol. The number of ketones is 1. The first-order chi connectivity index (χ1) is 27.5. The van der Waals surface area contributed by atoms with E-state index in [0.717, 1.165) is 33.5 Å². The molecule has 316 valence electrons. The normalized spacial score (nSPS) is 10.9. The van der Waals surface area contributed by atoms with Gasteiger partial charge in [-0.15, -0.1) is 6.58 Å². The molecule has 0 saturated heterocycles.